The first-order chi connectivity index (χ1) is 10.2. The average molecular weight is 364 g/mol. The molecule has 9 heteroatoms. The number of likely N-dealkylation sites (tertiary alicyclic amines) is 1. The molecule has 2 rings (SSSR count). The van der Waals surface area contributed by atoms with Crippen LogP contribution < -0.4 is 15.6 Å². The van der Waals surface area contributed by atoms with E-state index in [-0.39, 0.29) is 34.2 Å². The third kappa shape index (κ3) is 4.14. The monoisotopic (exact) mass is 363 g/mol. The second kappa shape index (κ2) is 7.04. The highest BCUT2D eigenvalue weighted by molar-refractivity contribution is 7.89. The fraction of sp³-hybridized carbons (Fsp3) is 0.500. The Morgan fingerprint density at radius 3 is 2.57 bits per heavy atom. The summed E-state index contributed by atoms with van der Waals surface area (Å²) >= 11 is 0. The summed E-state index contributed by atoms with van der Waals surface area (Å²) in [5, 5.41) is 5.13. The number of hydrogen-bond acceptors (Lipinski definition) is 5. The minimum Gasteiger partial charge on any atom is -0.496 e. The summed E-state index contributed by atoms with van der Waals surface area (Å²) in [5.74, 6) is 0.0401. The van der Waals surface area contributed by atoms with Gasteiger partial charge in [-0.3, -0.25) is 4.79 Å². The van der Waals surface area contributed by atoms with Crippen molar-refractivity contribution >= 4 is 28.3 Å². The third-order valence-electron chi connectivity index (χ3n) is 4.07. The van der Waals surface area contributed by atoms with Gasteiger partial charge in [-0.2, -0.15) is 0 Å². The number of methoxy groups -OCH3 is 1. The first-order valence-electron chi connectivity index (χ1n) is 6.90. The molecule has 1 unspecified atom stereocenters. The minimum atomic E-state index is -3.88. The summed E-state index contributed by atoms with van der Waals surface area (Å²) < 4.78 is 28.1. The Morgan fingerprint density at radius 1 is 1.43 bits per heavy atom. The van der Waals surface area contributed by atoms with E-state index in [0.29, 0.717) is 25.4 Å². The number of ether oxygens (including phenoxy) is 1. The van der Waals surface area contributed by atoms with Crippen molar-refractivity contribution in [3.05, 3.63) is 23.8 Å². The zero-order valence-corrected chi connectivity index (χ0v) is 14.7. The van der Waals surface area contributed by atoms with Gasteiger partial charge in [0.05, 0.1) is 17.6 Å². The average Bonchev–Trinajstić information content (AvgIpc) is 2.88. The Kier molecular flexibility index (Phi) is 6.03. The zero-order chi connectivity index (χ0) is 16.5. The van der Waals surface area contributed by atoms with E-state index < -0.39 is 10.0 Å². The number of halogens is 1. The van der Waals surface area contributed by atoms with Crippen LogP contribution in [-0.2, 0) is 10.0 Å². The second-order valence-corrected chi connectivity index (χ2v) is 7.46. The van der Waals surface area contributed by atoms with Crippen LogP contribution in [-0.4, -0.2) is 46.0 Å². The van der Waals surface area contributed by atoms with E-state index in [4.69, 9.17) is 15.6 Å². The molecule has 0 radical (unpaired) electrons. The third-order valence-corrected chi connectivity index (χ3v) is 4.98. The summed E-state index contributed by atoms with van der Waals surface area (Å²) in [4.78, 5) is 14.2. The highest BCUT2D eigenvalue weighted by atomic mass is 35.5. The number of carbonyl (C=O) groups is 1. The minimum absolute atomic E-state index is 0. The van der Waals surface area contributed by atoms with Crippen LogP contribution in [0.5, 0.6) is 5.75 Å². The van der Waals surface area contributed by atoms with Gasteiger partial charge >= 0.3 is 0 Å². The number of primary sulfonamides is 1. The van der Waals surface area contributed by atoms with Gasteiger partial charge in [0.2, 0.25) is 10.0 Å². The first kappa shape index (κ1) is 19.7. The highest BCUT2D eigenvalue weighted by Crippen LogP contribution is 2.31. The molecule has 1 heterocycles. The molecular weight excluding hydrogens is 342 g/mol. The van der Waals surface area contributed by atoms with Crippen molar-refractivity contribution in [2.45, 2.75) is 18.2 Å². The van der Waals surface area contributed by atoms with Crippen molar-refractivity contribution in [1.29, 1.82) is 0 Å². The Balaban J connectivity index is 0.00000264. The van der Waals surface area contributed by atoms with Gasteiger partial charge in [-0.15, -0.1) is 12.4 Å². The zero-order valence-electron chi connectivity index (χ0n) is 13.1. The van der Waals surface area contributed by atoms with Crippen molar-refractivity contribution in [3.8, 4) is 5.75 Å². The molecule has 0 aromatic heterocycles. The van der Waals surface area contributed by atoms with E-state index in [1.54, 1.807) is 4.90 Å². The number of carbonyl (C=O) groups excluding carboxylic acids is 1. The molecule has 0 saturated carbocycles. The summed E-state index contributed by atoms with van der Waals surface area (Å²) in [6.45, 7) is 3.63. The maximum atomic E-state index is 12.7. The predicted molar refractivity (Wildman–Crippen MR) is 89.3 cm³/mol. The number of amides is 1. The molecule has 1 aromatic rings. The number of benzene rings is 1. The number of rotatable bonds is 4. The van der Waals surface area contributed by atoms with Crippen LogP contribution >= 0.6 is 12.4 Å². The van der Waals surface area contributed by atoms with Gasteiger partial charge in [-0.05, 0) is 36.6 Å². The van der Waals surface area contributed by atoms with E-state index in [2.05, 4.69) is 0 Å². The van der Waals surface area contributed by atoms with E-state index >= 15 is 0 Å². The van der Waals surface area contributed by atoms with Crippen molar-refractivity contribution in [1.82, 2.24) is 4.90 Å². The molecule has 130 valence electrons. The van der Waals surface area contributed by atoms with Crippen LogP contribution in [0.3, 0.4) is 0 Å². The Labute approximate surface area is 142 Å². The molecule has 1 aliphatic heterocycles. The first-order valence-corrected chi connectivity index (χ1v) is 8.45. The van der Waals surface area contributed by atoms with E-state index in [1.165, 1.54) is 25.3 Å². The lowest BCUT2D eigenvalue weighted by Crippen LogP contribution is -2.34. The molecule has 1 aliphatic rings. The highest BCUT2D eigenvalue weighted by Gasteiger charge is 2.36. The molecular formula is C14H22ClN3O4S. The number of nitrogens with two attached hydrogens (primary N) is 2. The van der Waals surface area contributed by atoms with Crippen molar-refractivity contribution in [3.63, 3.8) is 0 Å². The lowest BCUT2D eigenvalue weighted by molar-refractivity contribution is 0.0773. The molecule has 4 N–H and O–H groups in total. The van der Waals surface area contributed by atoms with Crippen LogP contribution in [0.25, 0.3) is 0 Å². The van der Waals surface area contributed by atoms with Gasteiger partial charge in [0, 0.05) is 13.1 Å². The Morgan fingerprint density at radius 2 is 2.09 bits per heavy atom. The summed E-state index contributed by atoms with van der Waals surface area (Å²) in [5.41, 5.74) is 5.83. The van der Waals surface area contributed by atoms with Crippen LogP contribution in [0.15, 0.2) is 23.1 Å². The van der Waals surface area contributed by atoms with Gasteiger partial charge in [0.1, 0.15) is 5.75 Å². The molecule has 0 bridgehead atoms. The molecule has 1 atom stereocenters. The van der Waals surface area contributed by atoms with Crippen LogP contribution in [0.1, 0.15) is 23.7 Å². The lowest BCUT2D eigenvalue weighted by atomic mass is 9.90. The summed E-state index contributed by atoms with van der Waals surface area (Å²) in [6, 6.07) is 4.01. The molecule has 1 aromatic carbocycles. The predicted octanol–water partition coefficient (Wildman–Crippen LogP) is 0.575. The molecule has 1 amide bonds. The fourth-order valence-corrected chi connectivity index (χ4v) is 3.11. The molecule has 0 spiro atoms. The van der Waals surface area contributed by atoms with E-state index in [1.807, 2.05) is 6.92 Å². The molecule has 23 heavy (non-hydrogen) atoms. The Hall–Kier alpha value is -1.35. The lowest BCUT2D eigenvalue weighted by Gasteiger charge is -2.23. The van der Waals surface area contributed by atoms with Crippen molar-refractivity contribution in [2.24, 2.45) is 16.3 Å². The SMILES string of the molecule is COc1ccc(S(N)(=O)=O)cc1C(=O)N1CCC(C)(CN)C1.Cl. The number of sulfonamides is 1. The quantitative estimate of drug-likeness (QED) is 0.811. The maximum Gasteiger partial charge on any atom is 0.257 e. The van der Waals surface area contributed by atoms with Gasteiger partial charge in [-0.25, -0.2) is 13.6 Å². The van der Waals surface area contributed by atoms with Gasteiger partial charge in [0.25, 0.3) is 5.91 Å². The van der Waals surface area contributed by atoms with Crippen molar-refractivity contribution < 1.29 is 17.9 Å². The summed E-state index contributed by atoms with van der Waals surface area (Å²) in [7, 11) is -2.45. The van der Waals surface area contributed by atoms with Crippen molar-refractivity contribution in [2.75, 3.05) is 26.7 Å². The van der Waals surface area contributed by atoms with Gasteiger partial charge < -0.3 is 15.4 Å². The van der Waals surface area contributed by atoms with Crippen LogP contribution in [0.2, 0.25) is 0 Å². The normalized spacial score (nSPS) is 21.0. The number of nitrogens with zero attached hydrogens (tertiary/aromatic N) is 1. The van der Waals surface area contributed by atoms with Gasteiger partial charge in [0.15, 0.2) is 0 Å². The Bertz CT molecular complexity index is 695. The summed E-state index contributed by atoms with van der Waals surface area (Å²) in [6.07, 6.45) is 0.812. The molecule has 7 nitrogen and oxygen atoms in total. The van der Waals surface area contributed by atoms with E-state index in [9.17, 15) is 13.2 Å². The van der Waals surface area contributed by atoms with Crippen LogP contribution in [0.4, 0.5) is 0 Å². The molecule has 1 saturated heterocycles. The largest absolute Gasteiger partial charge is 0.496 e. The van der Waals surface area contributed by atoms with Gasteiger partial charge in [-0.1, -0.05) is 6.92 Å². The second-order valence-electron chi connectivity index (χ2n) is 5.90. The smallest absolute Gasteiger partial charge is 0.257 e. The standard InChI is InChI=1S/C14H21N3O4S.ClH/c1-14(8-15)5-6-17(9-14)13(18)11-7-10(22(16,19)20)3-4-12(11)21-2;/h3-4,7H,5-6,8-9,15H2,1-2H3,(H2,16,19,20);1H. The molecule has 0 aliphatic carbocycles. The fourth-order valence-electron chi connectivity index (χ4n) is 2.57. The topological polar surface area (TPSA) is 116 Å². The van der Waals surface area contributed by atoms with Crippen LogP contribution in [0, 0.1) is 5.41 Å². The molecule has 1 fully saturated rings. The maximum absolute atomic E-state index is 12.7. The number of hydrogen-bond donors (Lipinski definition) is 2. The van der Waals surface area contributed by atoms with E-state index in [0.717, 1.165) is 6.42 Å².